The SMILES string of the molecule is CCCC(C(=O)Nc1nc2c(s1)CCC2)C(N)=S. The van der Waals surface area contributed by atoms with Crippen LogP contribution in [0.25, 0.3) is 0 Å². The summed E-state index contributed by atoms with van der Waals surface area (Å²) in [6.45, 7) is 2.01. The number of thiazole rings is 1. The molecule has 1 aliphatic rings. The fourth-order valence-corrected chi connectivity index (χ4v) is 3.41. The van der Waals surface area contributed by atoms with E-state index in [9.17, 15) is 4.79 Å². The molecule has 1 amide bonds. The monoisotopic (exact) mass is 283 g/mol. The molecule has 1 atom stereocenters. The average Bonchev–Trinajstić information content (AvgIpc) is 2.85. The number of hydrogen-bond donors (Lipinski definition) is 2. The van der Waals surface area contributed by atoms with Crippen molar-refractivity contribution in [1.82, 2.24) is 4.98 Å². The van der Waals surface area contributed by atoms with Crippen molar-refractivity contribution in [2.75, 3.05) is 5.32 Å². The lowest BCUT2D eigenvalue weighted by atomic mass is 10.0. The lowest BCUT2D eigenvalue weighted by molar-refractivity contribution is -0.118. The van der Waals surface area contributed by atoms with Crippen molar-refractivity contribution in [2.24, 2.45) is 11.7 Å². The van der Waals surface area contributed by atoms with Gasteiger partial charge in [0.1, 0.15) is 0 Å². The number of carbonyl (C=O) groups is 1. The summed E-state index contributed by atoms with van der Waals surface area (Å²) < 4.78 is 0. The molecule has 4 nitrogen and oxygen atoms in total. The van der Waals surface area contributed by atoms with E-state index in [-0.39, 0.29) is 16.8 Å². The quantitative estimate of drug-likeness (QED) is 0.813. The first kappa shape index (κ1) is 13.4. The third-order valence-electron chi connectivity index (χ3n) is 3.06. The Morgan fingerprint density at radius 2 is 2.39 bits per heavy atom. The van der Waals surface area contributed by atoms with Gasteiger partial charge in [-0.2, -0.15) is 0 Å². The second kappa shape index (κ2) is 5.75. The Hall–Kier alpha value is -1.01. The number of fused-ring (bicyclic) bond motifs is 1. The largest absolute Gasteiger partial charge is 0.393 e. The summed E-state index contributed by atoms with van der Waals surface area (Å²) in [6.07, 6.45) is 4.84. The van der Waals surface area contributed by atoms with Gasteiger partial charge in [0, 0.05) is 4.88 Å². The minimum absolute atomic E-state index is 0.128. The van der Waals surface area contributed by atoms with Crippen LogP contribution >= 0.6 is 23.6 Å². The first-order valence-corrected chi connectivity index (χ1v) is 7.43. The Balaban J connectivity index is 2.03. The zero-order valence-corrected chi connectivity index (χ0v) is 12.0. The minimum atomic E-state index is -0.385. The summed E-state index contributed by atoms with van der Waals surface area (Å²) >= 11 is 6.51. The van der Waals surface area contributed by atoms with Gasteiger partial charge in [-0.25, -0.2) is 4.98 Å². The summed E-state index contributed by atoms with van der Waals surface area (Å²) in [5.74, 6) is -0.513. The van der Waals surface area contributed by atoms with Crippen molar-refractivity contribution in [3.63, 3.8) is 0 Å². The molecule has 1 aliphatic carbocycles. The molecule has 0 bridgehead atoms. The molecule has 1 unspecified atom stereocenters. The maximum atomic E-state index is 12.1. The lowest BCUT2D eigenvalue weighted by Gasteiger charge is -2.13. The molecule has 0 spiro atoms. The highest BCUT2D eigenvalue weighted by atomic mass is 32.1. The number of thiocarbonyl (C=S) groups is 1. The molecule has 0 aliphatic heterocycles. The molecule has 0 saturated heterocycles. The smallest absolute Gasteiger partial charge is 0.236 e. The van der Waals surface area contributed by atoms with E-state index in [2.05, 4.69) is 10.3 Å². The minimum Gasteiger partial charge on any atom is -0.393 e. The standard InChI is InChI=1S/C12H17N3OS2/c1-2-4-7(10(13)17)11(16)15-12-14-8-5-3-6-9(8)18-12/h7H,2-6H2,1H3,(H2,13,17)(H,14,15,16). The first-order chi connectivity index (χ1) is 8.61. The molecule has 0 saturated carbocycles. The number of aromatic nitrogens is 1. The van der Waals surface area contributed by atoms with Crippen LogP contribution in [0.2, 0.25) is 0 Å². The van der Waals surface area contributed by atoms with Gasteiger partial charge in [0.25, 0.3) is 0 Å². The molecule has 1 heterocycles. The number of amides is 1. The molecule has 6 heteroatoms. The van der Waals surface area contributed by atoms with Crippen molar-refractivity contribution in [3.8, 4) is 0 Å². The van der Waals surface area contributed by atoms with Gasteiger partial charge in [-0.3, -0.25) is 4.79 Å². The van der Waals surface area contributed by atoms with Crippen LogP contribution in [-0.2, 0) is 17.6 Å². The van der Waals surface area contributed by atoms with Gasteiger partial charge < -0.3 is 11.1 Å². The average molecular weight is 283 g/mol. The lowest BCUT2D eigenvalue weighted by Crippen LogP contribution is -2.33. The van der Waals surface area contributed by atoms with Crippen molar-refractivity contribution in [1.29, 1.82) is 0 Å². The Bertz CT molecular complexity index is 448. The number of carbonyl (C=O) groups excluding carboxylic acids is 1. The van der Waals surface area contributed by atoms with E-state index < -0.39 is 0 Å². The normalized spacial score (nSPS) is 15.2. The summed E-state index contributed by atoms with van der Waals surface area (Å²) in [6, 6.07) is 0. The molecule has 0 aromatic carbocycles. The van der Waals surface area contributed by atoms with Crippen LogP contribution in [-0.4, -0.2) is 15.9 Å². The summed E-state index contributed by atoms with van der Waals surface area (Å²) in [5, 5.41) is 3.52. The molecule has 0 fully saturated rings. The predicted molar refractivity (Wildman–Crippen MR) is 78.0 cm³/mol. The highest BCUT2D eigenvalue weighted by molar-refractivity contribution is 7.80. The fraction of sp³-hybridized carbons (Fsp3) is 0.583. The van der Waals surface area contributed by atoms with E-state index in [1.165, 1.54) is 11.3 Å². The van der Waals surface area contributed by atoms with Gasteiger partial charge in [0.05, 0.1) is 16.6 Å². The third-order valence-corrected chi connectivity index (χ3v) is 4.42. The van der Waals surface area contributed by atoms with Gasteiger partial charge in [-0.1, -0.05) is 25.6 Å². The van der Waals surface area contributed by atoms with Gasteiger partial charge in [-0.05, 0) is 25.7 Å². The van der Waals surface area contributed by atoms with Crippen molar-refractivity contribution in [2.45, 2.75) is 39.0 Å². The molecule has 0 radical (unpaired) electrons. The second-order valence-corrected chi connectivity index (χ2v) is 6.03. The number of nitrogens with zero attached hydrogens (tertiary/aromatic N) is 1. The van der Waals surface area contributed by atoms with Gasteiger partial charge in [0.15, 0.2) is 5.13 Å². The molecule has 3 N–H and O–H groups in total. The number of hydrogen-bond acceptors (Lipinski definition) is 4. The summed E-state index contributed by atoms with van der Waals surface area (Å²) in [4.78, 5) is 18.1. The molecular formula is C12H17N3OS2. The second-order valence-electron chi connectivity index (χ2n) is 4.48. The van der Waals surface area contributed by atoms with Gasteiger partial charge >= 0.3 is 0 Å². The summed E-state index contributed by atoms with van der Waals surface area (Å²) in [5.41, 5.74) is 6.74. The zero-order chi connectivity index (χ0) is 13.1. The van der Waals surface area contributed by atoms with Gasteiger partial charge in [0.2, 0.25) is 5.91 Å². The summed E-state index contributed by atoms with van der Waals surface area (Å²) in [7, 11) is 0. The van der Waals surface area contributed by atoms with E-state index in [1.807, 2.05) is 6.92 Å². The molecular weight excluding hydrogens is 266 g/mol. The van der Waals surface area contributed by atoms with Crippen LogP contribution in [0.1, 0.15) is 36.8 Å². The van der Waals surface area contributed by atoms with E-state index in [0.717, 1.165) is 25.0 Å². The van der Waals surface area contributed by atoms with Crippen molar-refractivity contribution < 1.29 is 4.79 Å². The zero-order valence-electron chi connectivity index (χ0n) is 10.4. The Labute approximate surface area is 116 Å². The Morgan fingerprint density at radius 3 is 3.00 bits per heavy atom. The highest BCUT2D eigenvalue weighted by Gasteiger charge is 2.23. The molecule has 18 heavy (non-hydrogen) atoms. The number of anilines is 1. The first-order valence-electron chi connectivity index (χ1n) is 6.20. The van der Waals surface area contributed by atoms with E-state index in [1.54, 1.807) is 11.3 Å². The number of rotatable bonds is 5. The van der Waals surface area contributed by atoms with E-state index in [4.69, 9.17) is 18.0 Å². The van der Waals surface area contributed by atoms with Crippen LogP contribution in [0.5, 0.6) is 0 Å². The maximum absolute atomic E-state index is 12.1. The van der Waals surface area contributed by atoms with Gasteiger partial charge in [-0.15, -0.1) is 11.3 Å². The Kier molecular flexibility index (Phi) is 4.29. The highest BCUT2D eigenvalue weighted by Crippen LogP contribution is 2.30. The molecule has 1 aromatic heterocycles. The van der Waals surface area contributed by atoms with Crippen LogP contribution in [0.15, 0.2) is 0 Å². The fourth-order valence-electron chi connectivity index (χ4n) is 2.13. The topological polar surface area (TPSA) is 68.0 Å². The number of nitrogens with one attached hydrogen (secondary N) is 1. The van der Waals surface area contributed by atoms with E-state index >= 15 is 0 Å². The molecule has 98 valence electrons. The van der Waals surface area contributed by atoms with Crippen molar-refractivity contribution >= 4 is 39.6 Å². The maximum Gasteiger partial charge on any atom is 0.236 e. The number of aryl methyl sites for hydroxylation is 2. The van der Waals surface area contributed by atoms with Crippen LogP contribution in [0, 0.1) is 5.92 Å². The number of nitrogens with two attached hydrogens (primary N) is 1. The predicted octanol–water partition coefficient (Wildman–Crippen LogP) is 2.27. The molecule has 2 rings (SSSR count). The van der Waals surface area contributed by atoms with Crippen molar-refractivity contribution in [3.05, 3.63) is 10.6 Å². The van der Waals surface area contributed by atoms with Crippen LogP contribution in [0.4, 0.5) is 5.13 Å². The van der Waals surface area contributed by atoms with Crippen LogP contribution < -0.4 is 11.1 Å². The third kappa shape index (κ3) is 2.87. The molecule has 1 aromatic rings. The van der Waals surface area contributed by atoms with E-state index in [0.29, 0.717) is 11.6 Å². The van der Waals surface area contributed by atoms with Crippen LogP contribution in [0.3, 0.4) is 0 Å². The Morgan fingerprint density at radius 1 is 1.61 bits per heavy atom.